The average molecular weight is 564 g/mol. The molecule has 0 bridgehead atoms. The van der Waals surface area contributed by atoms with Gasteiger partial charge in [-0.2, -0.15) is 0 Å². The third kappa shape index (κ3) is 6.74. The molecule has 0 saturated heterocycles. The highest BCUT2D eigenvalue weighted by molar-refractivity contribution is 7.92. The number of carbonyl (C=O) groups is 2. The summed E-state index contributed by atoms with van der Waals surface area (Å²) in [6.45, 7) is 1.02. The van der Waals surface area contributed by atoms with Crippen LogP contribution in [0.1, 0.15) is 12.5 Å². The first-order chi connectivity index (χ1) is 17.6. The van der Waals surface area contributed by atoms with Gasteiger partial charge in [0.2, 0.25) is 11.8 Å². The second kappa shape index (κ2) is 12.3. The summed E-state index contributed by atoms with van der Waals surface area (Å²) in [5.41, 5.74) is 0.803. The first kappa shape index (κ1) is 28.3. The number of nitrogens with one attached hydrogen (secondary N) is 1. The number of ether oxygens (including phenoxy) is 1. The third-order valence-electron chi connectivity index (χ3n) is 5.70. The maximum Gasteiger partial charge on any atom is 0.264 e. The molecule has 0 fully saturated rings. The Bertz CT molecular complexity index is 1350. The molecule has 0 aliphatic heterocycles. The summed E-state index contributed by atoms with van der Waals surface area (Å²) < 4.78 is 33.9. The molecule has 0 aliphatic rings. The van der Waals surface area contributed by atoms with Gasteiger partial charge in [0.05, 0.1) is 17.7 Å². The van der Waals surface area contributed by atoms with Crippen LogP contribution < -0.4 is 14.4 Å². The summed E-state index contributed by atoms with van der Waals surface area (Å²) in [5.74, 6) is -0.798. The number of benzene rings is 3. The van der Waals surface area contributed by atoms with Gasteiger partial charge in [0.1, 0.15) is 18.3 Å². The lowest BCUT2D eigenvalue weighted by Crippen LogP contribution is -2.50. The summed E-state index contributed by atoms with van der Waals surface area (Å²) in [5, 5.41) is 3.32. The van der Waals surface area contributed by atoms with Crippen molar-refractivity contribution in [3.63, 3.8) is 0 Å². The molecular formula is C26H27Cl2N3O5S. The van der Waals surface area contributed by atoms with Crippen molar-refractivity contribution in [1.29, 1.82) is 0 Å². The number of nitrogens with zero attached hydrogens (tertiary/aromatic N) is 2. The number of halogens is 2. The van der Waals surface area contributed by atoms with Crippen molar-refractivity contribution in [1.82, 2.24) is 10.2 Å². The quantitative estimate of drug-likeness (QED) is 0.395. The Kier molecular flexibility index (Phi) is 9.42. The first-order valence-electron chi connectivity index (χ1n) is 11.2. The number of sulfonamides is 1. The molecule has 8 nitrogen and oxygen atoms in total. The minimum absolute atomic E-state index is 0.0200. The molecule has 0 spiro atoms. The number of hydrogen-bond donors (Lipinski definition) is 1. The van der Waals surface area contributed by atoms with Crippen LogP contribution in [0.4, 0.5) is 5.69 Å². The molecule has 0 unspecified atom stereocenters. The van der Waals surface area contributed by atoms with Crippen LogP contribution in [0, 0.1) is 0 Å². The monoisotopic (exact) mass is 563 g/mol. The Morgan fingerprint density at radius 2 is 1.59 bits per heavy atom. The van der Waals surface area contributed by atoms with Gasteiger partial charge in [-0.25, -0.2) is 8.42 Å². The molecule has 3 aromatic rings. The summed E-state index contributed by atoms with van der Waals surface area (Å²) in [4.78, 5) is 27.6. The smallest absolute Gasteiger partial charge is 0.264 e. The minimum Gasteiger partial charge on any atom is -0.495 e. The van der Waals surface area contributed by atoms with Gasteiger partial charge in [-0.05, 0) is 55.0 Å². The molecule has 3 aromatic carbocycles. The second-order valence-corrected chi connectivity index (χ2v) is 10.8. The number of hydrogen-bond acceptors (Lipinski definition) is 5. The van der Waals surface area contributed by atoms with E-state index in [9.17, 15) is 18.0 Å². The van der Waals surface area contributed by atoms with Crippen LogP contribution >= 0.6 is 23.2 Å². The van der Waals surface area contributed by atoms with Crippen LogP contribution in [0.5, 0.6) is 5.75 Å². The van der Waals surface area contributed by atoms with Crippen molar-refractivity contribution in [3.05, 3.63) is 88.4 Å². The largest absolute Gasteiger partial charge is 0.495 e. The van der Waals surface area contributed by atoms with E-state index in [1.165, 1.54) is 43.3 Å². The van der Waals surface area contributed by atoms with Crippen LogP contribution in [0.25, 0.3) is 0 Å². The van der Waals surface area contributed by atoms with E-state index < -0.39 is 34.4 Å². The van der Waals surface area contributed by atoms with Crippen LogP contribution in [-0.2, 0) is 26.2 Å². The number of carbonyl (C=O) groups excluding carboxylic acids is 2. The zero-order valence-electron chi connectivity index (χ0n) is 20.5. The van der Waals surface area contributed by atoms with Gasteiger partial charge in [-0.3, -0.25) is 13.9 Å². The van der Waals surface area contributed by atoms with Crippen molar-refractivity contribution in [3.8, 4) is 5.75 Å². The van der Waals surface area contributed by atoms with Crippen LogP contribution in [0.2, 0.25) is 10.0 Å². The highest BCUT2D eigenvalue weighted by Gasteiger charge is 2.33. The van der Waals surface area contributed by atoms with Gasteiger partial charge in [0.15, 0.2) is 0 Å². The van der Waals surface area contributed by atoms with Gasteiger partial charge < -0.3 is 15.0 Å². The number of amides is 2. The average Bonchev–Trinajstić information content (AvgIpc) is 2.90. The molecule has 0 heterocycles. The summed E-state index contributed by atoms with van der Waals surface area (Å²) >= 11 is 12.2. The van der Waals surface area contributed by atoms with E-state index in [0.29, 0.717) is 10.6 Å². The van der Waals surface area contributed by atoms with Gasteiger partial charge in [-0.1, -0.05) is 53.5 Å². The molecular weight excluding hydrogens is 537 g/mol. The number of anilines is 1. The van der Waals surface area contributed by atoms with E-state index in [1.54, 1.807) is 55.5 Å². The SMILES string of the molecule is CNC(=O)[C@H](C)N(Cc1ccc(Cl)cc1)C(=O)CN(c1cc(Cl)ccc1OC)S(=O)(=O)c1ccccc1. The number of methoxy groups -OCH3 is 1. The lowest BCUT2D eigenvalue weighted by molar-refractivity contribution is -0.139. The first-order valence-corrected chi connectivity index (χ1v) is 13.4. The molecule has 1 N–H and O–H groups in total. The Morgan fingerprint density at radius 1 is 0.973 bits per heavy atom. The fourth-order valence-electron chi connectivity index (χ4n) is 3.67. The standard InChI is InChI=1S/C26H27Cl2N3O5S/c1-18(26(33)29-2)30(16-19-9-11-20(27)12-10-19)25(32)17-31(23-15-21(28)13-14-24(23)36-3)37(34,35)22-7-5-4-6-8-22/h4-15,18H,16-17H2,1-3H3,(H,29,33)/t18-/m0/s1. The summed E-state index contributed by atoms with van der Waals surface area (Å²) in [6.07, 6.45) is 0. The maximum atomic E-state index is 13.8. The third-order valence-corrected chi connectivity index (χ3v) is 7.96. The Hall–Kier alpha value is -3.27. The Balaban J connectivity index is 2.09. The minimum atomic E-state index is -4.23. The lowest BCUT2D eigenvalue weighted by atomic mass is 10.1. The molecule has 2 amide bonds. The van der Waals surface area contributed by atoms with Crippen molar-refractivity contribution in [2.24, 2.45) is 0 Å². The van der Waals surface area contributed by atoms with E-state index in [1.807, 2.05) is 0 Å². The maximum absolute atomic E-state index is 13.8. The molecule has 1 atom stereocenters. The molecule has 11 heteroatoms. The molecule has 3 rings (SSSR count). The van der Waals surface area contributed by atoms with E-state index in [-0.39, 0.29) is 27.9 Å². The van der Waals surface area contributed by atoms with Gasteiger partial charge in [0, 0.05) is 23.6 Å². The normalized spacial score (nSPS) is 11.9. The zero-order chi connectivity index (χ0) is 27.2. The van der Waals surface area contributed by atoms with Crippen LogP contribution in [0.3, 0.4) is 0 Å². The Labute approximate surface area is 226 Å². The van der Waals surface area contributed by atoms with Crippen LogP contribution in [0.15, 0.2) is 77.7 Å². The molecule has 37 heavy (non-hydrogen) atoms. The van der Waals surface area contributed by atoms with Crippen LogP contribution in [-0.4, -0.2) is 51.9 Å². The predicted molar refractivity (Wildman–Crippen MR) is 145 cm³/mol. The molecule has 0 aromatic heterocycles. The van der Waals surface area contributed by atoms with Gasteiger partial charge in [0.25, 0.3) is 10.0 Å². The van der Waals surface area contributed by atoms with E-state index in [4.69, 9.17) is 27.9 Å². The van der Waals surface area contributed by atoms with Crippen molar-refractivity contribution >= 4 is 50.7 Å². The topological polar surface area (TPSA) is 96.0 Å². The predicted octanol–water partition coefficient (Wildman–Crippen LogP) is 4.36. The van der Waals surface area contributed by atoms with E-state index in [0.717, 1.165) is 4.31 Å². The second-order valence-electron chi connectivity index (χ2n) is 8.08. The van der Waals surface area contributed by atoms with E-state index >= 15 is 0 Å². The summed E-state index contributed by atoms with van der Waals surface area (Å²) in [7, 11) is -1.38. The number of likely N-dealkylation sites (N-methyl/N-ethyl adjacent to an activating group) is 1. The molecule has 196 valence electrons. The molecule has 0 aliphatic carbocycles. The lowest BCUT2D eigenvalue weighted by Gasteiger charge is -2.32. The van der Waals surface area contributed by atoms with E-state index in [2.05, 4.69) is 5.32 Å². The summed E-state index contributed by atoms with van der Waals surface area (Å²) in [6, 6.07) is 18.1. The van der Waals surface area contributed by atoms with Gasteiger partial charge in [-0.15, -0.1) is 0 Å². The molecule has 0 saturated carbocycles. The van der Waals surface area contributed by atoms with Crippen molar-refractivity contribution < 1.29 is 22.7 Å². The van der Waals surface area contributed by atoms with Gasteiger partial charge >= 0.3 is 0 Å². The van der Waals surface area contributed by atoms with Crippen molar-refractivity contribution in [2.75, 3.05) is 25.0 Å². The number of rotatable bonds is 10. The highest BCUT2D eigenvalue weighted by Crippen LogP contribution is 2.35. The highest BCUT2D eigenvalue weighted by atomic mass is 35.5. The molecule has 0 radical (unpaired) electrons. The van der Waals surface area contributed by atoms with Crippen molar-refractivity contribution in [2.45, 2.75) is 24.4 Å². The fraction of sp³-hybridized carbons (Fsp3) is 0.231. The Morgan fingerprint density at radius 3 is 2.19 bits per heavy atom. The zero-order valence-corrected chi connectivity index (χ0v) is 22.8. The fourth-order valence-corrected chi connectivity index (χ4v) is 5.40.